The summed E-state index contributed by atoms with van der Waals surface area (Å²) >= 11 is 9.72. The molecule has 106 valence electrons. The van der Waals surface area contributed by atoms with E-state index in [4.69, 9.17) is 21.1 Å². The van der Waals surface area contributed by atoms with Gasteiger partial charge >= 0.3 is 0 Å². The molecule has 1 unspecified atom stereocenters. The molecule has 2 aromatic carbocycles. The Morgan fingerprint density at radius 1 is 1.05 bits per heavy atom. The summed E-state index contributed by atoms with van der Waals surface area (Å²) in [4.78, 5) is -0.359. The van der Waals surface area contributed by atoms with Gasteiger partial charge in [0, 0.05) is 11.1 Å². The highest BCUT2D eigenvalue weighted by atomic mass is 79.9. The van der Waals surface area contributed by atoms with Crippen molar-refractivity contribution in [1.29, 1.82) is 0 Å². The van der Waals surface area contributed by atoms with Crippen LogP contribution in [0.3, 0.4) is 0 Å². The molecule has 0 N–H and O–H groups in total. The summed E-state index contributed by atoms with van der Waals surface area (Å²) in [6.45, 7) is 0. The predicted molar refractivity (Wildman–Crippen MR) is 81.7 cm³/mol. The second-order valence-electron chi connectivity index (χ2n) is 4.09. The van der Waals surface area contributed by atoms with Crippen LogP contribution in [0.15, 0.2) is 36.4 Å². The smallest absolute Gasteiger partial charge is 0.145 e. The molecule has 0 saturated carbocycles. The van der Waals surface area contributed by atoms with Crippen LogP contribution in [-0.2, 0) is 0 Å². The zero-order chi connectivity index (χ0) is 14.7. The summed E-state index contributed by atoms with van der Waals surface area (Å²) in [5.41, 5.74) is 1.26. The number of hydrogen-bond acceptors (Lipinski definition) is 2. The average Bonchev–Trinajstić information content (AvgIpc) is 2.46. The highest BCUT2D eigenvalue weighted by molar-refractivity contribution is 9.09. The first kappa shape index (κ1) is 15.1. The van der Waals surface area contributed by atoms with Gasteiger partial charge in [-0.1, -0.05) is 51.8 Å². The maximum absolute atomic E-state index is 13.9. The van der Waals surface area contributed by atoms with Gasteiger partial charge in [0.05, 0.1) is 19.0 Å². The number of ether oxygens (including phenoxy) is 2. The molecule has 0 aliphatic carbocycles. The highest BCUT2D eigenvalue weighted by Crippen LogP contribution is 2.44. The molecule has 0 saturated heterocycles. The number of methoxy groups -OCH3 is 2. The number of alkyl halides is 1. The third kappa shape index (κ3) is 2.76. The molecule has 0 spiro atoms. The standard InChI is InChI=1S/C15H13BrClFO2/c1-19-12-8-7-10(15(20-2)14(12)17)13(16)9-5-3-4-6-11(9)18/h3-8,13H,1-2H3. The van der Waals surface area contributed by atoms with Gasteiger partial charge in [-0.3, -0.25) is 0 Å². The van der Waals surface area contributed by atoms with Crippen LogP contribution in [0.25, 0.3) is 0 Å². The molecule has 0 amide bonds. The molecule has 0 aromatic heterocycles. The molecule has 0 aliphatic heterocycles. The minimum Gasteiger partial charge on any atom is -0.495 e. The van der Waals surface area contributed by atoms with E-state index in [-0.39, 0.29) is 10.6 Å². The van der Waals surface area contributed by atoms with Crippen LogP contribution in [0.4, 0.5) is 4.39 Å². The van der Waals surface area contributed by atoms with Crippen molar-refractivity contribution in [3.8, 4) is 11.5 Å². The van der Waals surface area contributed by atoms with Gasteiger partial charge in [0.15, 0.2) is 0 Å². The van der Waals surface area contributed by atoms with E-state index in [1.165, 1.54) is 20.3 Å². The van der Waals surface area contributed by atoms with Gasteiger partial charge in [-0.05, 0) is 12.1 Å². The van der Waals surface area contributed by atoms with Crippen molar-refractivity contribution in [1.82, 2.24) is 0 Å². The fraction of sp³-hybridized carbons (Fsp3) is 0.200. The lowest BCUT2D eigenvalue weighted by Gasteiger charge is -2.17. The summed E-state index contributed by atoms with van der Waals surface area (Å²) in [6.07, 6.45) is 0. The Balaban J connectivity index is 2.53. The lowest BCUT2D eigenvalue weighted by molar-refractivity contribution is 0.392. The lowest BCUT2D eigenvalue weighted by atomic mass is 10.0. The molecular weight excluding hydrogens is 347 g/mol. The molecule has 20 heavy (non-hydrogen) atoms. The van der Waals surface area contributed by atoms with Crippen molar-refractivity contribution in [3.63, 3.8) is 0 Å². The van der Waals surface area contributed by atoms with E-state index in [0.717, 1.165) is 5.56 Å². The Morgan fingerprint density at radius 2 is 1.75 bits per heavy atom. The van der Waals surface area contributed by atoms with Gasteiger partial charge in [0.1, 0.15) is 22.3 Å². The Morgan fingerprint density at radius 3 is 2.35 bits per heavy atom. The van der Waals surface area contributed by atoms with Gasteiger partial charge in [-0.25, -0.2) is 4.39 Å². The van der Waals surface area contributed by atoms with Crippen LogP contribution in [0, 0.1) is 5.82 Å². The first-order valence-corrected chi connectivity index (χ1v) is 7.18. The van der Waals surface area contributed by atoms with Gasteiger partial charge in [-0.15, -0.1) is 0 Å². The maximum Gasteiger partial charge on any atom is 0.145 e. The number of rotatable bonds is 4. The molecule has 2 nitrogen and oxygen atoms in total. The van der Waals surface area contributed by atoms with E-state index in [2.05, 4.69) is 15.9 Å². The topological polar surface area (TPSA) is 18.5 Å². The predicted octanol–water partition coefficient (Wildman–Crippen LogP) is 4.98. The van der Waals surface area contributed by atoms with Crippen molar-refractivity contribution in [3.05, 3.63) is 58.4 Å². The quantitative estimate of drug-likeness (QED) is 0.717. The first-order valence-electron chi connectivity index (χ1n) is 5.89. The summed E-state index contributed by atoms with van der Waals surface area (Å²) in [5, 5.41) is 0.369. The zero-order valence-corrected chi connectivity index (χ0v) is 13.3. The van der Waals surface area contributed by atoms with E-state index in [0.29, 0.717) is 22.1 Å². The number of benzene rings is 2. The van der Waals surface area contributed by atoms with Crippen molar-refractivity contribution in [2.24, 2.45) is 0 Å². The molecule has 0 heterocycles. The molecular formula is C15H13BrClFO2. The van der Waals surface area contributed by atoms with Crippen LogP contribution < -0.4 is 9.47 Å². The summed E-state index contributed by atoms with van der Waals surface area (Å²) < 4.78 is 24.4. The molecule has 5 heteroatoms. The summed E-state index contributed by atoms with van der Waals surface area (Å²) in [5.74, 6) is 0.694. The normalized spacial score (nSPS) is 12.1. The second kappa shape index (κ2) is 6.46. The van der Waals surface area contributed by atoms with Crippen molar-refractivity contribution < 1.29 is 13.9 Å². The van der Waals surface area contributed by atoms with Crippen molar-refractivity contribution in [2.75, 3.05) is 14.2 Å². The molecule has 1 atom stereocenters. The zero-order valence-electron chi connectivity index (χ0n) is 11.0. The van der Waals surface area contributed by atoms with Gasteiger partial charge in [-0.2, -0.15) is 0 Å². The molecule has 0 bridgehead atoms. The molecule has 0 radical (unpaired) electrons. The number of halogens is 3. The van der Waals surface area contributed by atoms with E-state index >= 15 is 0 Å². The van der Waals surface area contributed by atoms with Crippen LogP contribution in [0.2, 0.25) is 5.02 Å². The average molecular weight is 360 g/mol. The molecule has 2 rings (SSSR count). The van der Waals surface area contributed by atoms with E-state index in [1.807, 2.05) is 0 Å². The Bertz CT molecular complexity index is 619. The van der Waals surface area contributed by atoms with Crippen LogP contribution in [0.5, 0.6) is 11.5 Å². The largest absolute Gasteiger partial charge is 0.495 e. The van der Waals surface area contributed by atoms with Crippen LogP contribution in [-0.4, -0.2) is 14.2 Å². The molecule has 0 fully saturated rings. The minimum absolute atomic E-state index is 0.289. The third-order valence-corrected chi connectivity index (χ3v) is 4.31. The van der Waals surface area contributed by atoms with Gasteiger partial charge in [0.2, 0.25) is 0 Å². The van der Waals surface area contributed by atoms with Gasteiger partial charge < -0.3 is 9.47 Å². The number of hydrogen-bond donors (Lipinski definition) is 0. The third-order valence-electron chi connectivity index (χ3n) is 2.97. The first-order chi connectivity index (χ1) is 9.60. The van der Waals surface area contributed by atoms with Gasteiger partial charge in [0.25, 0.3) is 0 Å². The SMILES string of the molecule is COc1ccc(C(Br)c2ccccc2F)c(OC)c1Cl. The summed E-state index contributed by atoms with van der Waals surface area (Å²) in [6, 6.07) is 10.1. The van der Waals surface area contributed by atoms with E-state index in [9.17, 15) is 4.39 Å². The minimum atomic E-state index is -0.359. The lowest BCUT2D eigenvalue weighted by Crippen LogP contribution is -2.01. The van der Waals surface area contributed by atoms with E-state index in [1.54, 1.807) is 30.3 Å². The van der Waals surface area contributed by atoms with Crippen LogP contribution in [0.1, 0.15) is 16.0 Å². The highest BCUT2D eigenvalue weighted by Gasteiger charge is 2.22. The Hall–Kier alpha value is -1.26. The van der Waals surface area contributed by atoms with Crippen molar-refractivity contribution in [2.45, 2.75) is 4.83 Å². The van der Waals surface area contributed by atoms with Crippen LogP contribution >= 0.6 is 27.5 Å². The van der Waals surface area contributed by atoms with E-state index < -0.39 is 0 Å². The Kier molecular flexibility index (Phi) is 4.89. The maximum atomic E-state index is 13.9. The second-order valence-corrected chi connectivity index (χ2v) is 5.38. The monoisotopic (exact) mass is 358 g/mol. The Labute approximate surface area is 130 Å². The molecule has 0 aliphatic rings. The molecule has 2 aromatic rings. The fourth-order valence-corrected chi connectivity index (χ4v) is 3.02. The van der Waals surface area contributed by atoms with Crippen molar-refractivity contribution >= 4 is 27.5 Å². The summed E-state index contributed by atoms with van der Waals surface area (Å²) in [7, 11) is 3.05. The fourth-order valence-electron chi connectivity index (χ4n) is 1.97.